The van der Waals surface area contributed by atoms with Crippen molar-refractivity contribution in [1.82, 2.24) is 9.55 Å². The van der Waals surface area contributed by atoms with E-state index in [-0.39, 0.29) is 11.9 Å². The average Bonchev–Trinajstić information content (AvgIpc) is 3.00. The third-order valence-corrected chi connectivity index (χ3v) is 4.52. The monoisotopic (exact) mass is 292 g/mol. The summed E-state index contributed by atoms with van der Waals surface area (Å²) in [4.78, 5) is 4.39. The molecule has 2 aromatic heterocycles. The molecule has 0 radical (unpaired) electrons. The van der Waals surface area contributed by atoms with Crippen molar-refractivity contribution < 1.29 is 4.39 Å². The summed E-state index contributed by atoms with van der Waals surface area (Å²) >= 11 is 7.10. The van der Waals surface area contributed by atoms with Crippen LogP contribution in [0.15, 0.2) is 35.7 Å². The molecule has 0 fully saturated rings. The van der Waals surface area contributed by atoms with Crippen LogP contribution in [0.2, 0.25) is 0 Å². The van der Waals surface area contributed by atoms with Crippen molar-refractivity contribution >= 4 is 34.6 Å². The van der Waals surface area contributed by atoms with Gasteiger partial charge in [0.2, 0.25) is 0 Å². The van der Waals surface area contributed by atoms with Gasteiger partial charge in [0.1, 0.15) is 5.82 Å². The molecule has 0 saturated heterocycles. The first-order valence-corrected chi connectivity index (χ1v) is 7.42. The molecule has 0 bridgehead atoms. The number of fused-ring (bicyclic) bond motifs is 1. The first-order chi connectivity index (χ1) is 9.20. The maximum absolute atomic E-state index is 13.5. The molecule has 2 nitrogen and oxygen atoms in total. The van der Waals surface area contributed by atoms with Crippen LogP contribution in [0.1, 0.15) is 24.3 Å². The lowest BCUT2D eigenvalue weighted by Crippen LogP contribution is -2.08. The number of aromatic nitrogens is 2. The fourth-order valence-corrected chi connectivity index (χ4v) is 3.63. The van der Waals surface area contributed by atoms with E-state index in [1.54, 1.807) is 17.4 Å². The Morgan fingerprint density at radius 2 is 2.26 bits per heavy atom. The van der Waals surface area contributed by atoms with Crippen LogP contribution in [0.4, 0.5) is 4.39 Å². The molecule has 1 unspecified atom stereocenters. The van der Waals surface area contributed by atoms with Crippen molar-refractivity contribution in [3.63, 3.8) is 0 Å². The van der Waals surface area contributed by atoms with Crippen LogP contribution in [0.25, 0.3) is 11.0 Å². The molecule has 3 rings (SSSR count). The van der Waals surface area contributed by atoms with Crippen molar-refractivity contribution in [2.75, 3.05) is 0 Å². The Kier molecular flexibility index (Phi) is 3.24. The summed E-state index contributed by atoms with van der Waals surface area (Å²) in [5, 5.41) is 2.05. The van der Waals surface area contributed by atoms with Gasteiger partial charge in [-0.2, -0.15) is 0 Å². The van der Waals surface area contributed by atoms with Gasteiger partial charge in [-0.1, -0.05) is 13.0 Å². The summed E-state index contributed by atoms with van der Waals surface area (Å²) in [6.07, 6.45) is 0.915. The van der Waals surface area contributed by atoms with Crippen molar-refractivity contribution in [3.8, 4) is 0 Å². The predicted octanol–water partition coefficient (Wildman–Crippen LogP) is 4.90. The third-order valence-electron chi connectivity index (χ3n) is 3.25. The molecule has 0 saturated carbocycles. The second kappa shape index (κ2) is 4.90. The van der Waals surface area contributed by atoms with Crippen molar-refractivity contribution in [2.24, 2.45) is 0 Å². The quantitative estimate of drug-likeness (QED) is 0.681. The largest absolute Gasteiger partial charge is 0.331 e. The second-order valence-electron chi connectivity index (χ2n) is 4.40. The number of benzene rings is 1. The Morgan fingerprint density at radius 1 is 1.42 bits per heavy atom. The predicted molar refractivity (Wildman–Crippen MR) is 79.8 cm³/mol. The van der Waals surface area contributed by atoms with Crippen LogP contribution in [0.3, 0.4) is 0 Å². The number of nitrogens with one attached hydrogen (secondary N) is 1. The Balaban J connectivity index is 2.26. The second-order valence-corrected chi connectivity index (χ2v) is 5.77. The lowest BCUT2D eigenvalue weighted by molar-refractivity contribution is 0.581. The van der Waals surface area contributed by atoms with Crippen molar-refractivity contribution in [1.29, 1.82) is 0 Å². The van der Waals surface area contributed by atoms with Gasteiger partial charge in [-0.25, -0.2) is 4.39 Å². The molecule has 19 heavy (non-hydrogen) atoms. The highest BCUT2D eigenvalue weighted by Gasteiger charge is 2.17. The molecule has 5 heteroatoms. The first-order valence-electron chi connectivity index (χ1n) is 6.14. The highest BCUT2D eigenvalue weighted by atomic mass is 32.1. The first kappa shape index (κ1) is 12.6. The summed E-state index contributed by atoms with van der Waals surface area (Å²) < 4.78 is 16.1. The van der Waals surface area contributed by atoms with Gasteiger partial charge in [-0.05, 0) is 48.3 Å². The summed E-state index contributed by atoms with van der Waals surface area (Å²) in [6.45, 7) is 2.12. The van der Waals surface area contributed by atoms with Crippen LogP contribution in [-0.2, 0) is 0 Å². The Morgan fingerprint density at radius 3 is 2.95 bits per heavy atom. The van der Waals surface area contributed by atoms with Crippen LogP contribution < -0.4 is 0 Å². The Bertz CT molecular complexity index is 755. The number of hydrogen-bond donors (Lipinski definition) is 1. The van der Waals surface area contributed by atoms with Gasteiger partial charge in [-0.3, -0.25) is 0 Å². The normalized spacial score (nSPS) is 12.9. The van der Waals surface area contributed by atoms with E-state index >= 15 is 0 Å². The van der Waals surface area contributed by atoms with Gasteiger partial charge in [0.15, 0.2) is 4.77 Å². The fourth-order valence-electron chi connectivity index (χ4n) is 2.40. The minimum atomic E-state index is -0.240. The van der Waals surface area contributed by atoms with Crippen LogP contribution >= 0.6 is 23.6 Å². The topological polar surface area (TPSA) is 20.7 Å². The molecule has 98 valence electrons. The number of halogens is 1. The molecule has 2 heterocycles. The van der Waals surface area contributed by atoms with Gasteiger partial charge in [0, 0.05) is 4.88 Å². The molecule has 1 atom stereocenters. The van der Waals surface area contributed by atoms with E-state index in [1.807, 2.05) is 10.6 Å². The van der Waals surface area contributed by atoms with E-state index in [2.05, 4.69) is 23.4 Å². The number of imidazole rings is 1. The summed E-state index contributed by atoms with van der Waals surface area (Å²) in [6, 6.07) is 9.00. The highest BCUT2D eigenvalue weighted by Crippen LogP contribution is 2.30. The Labute approximate surface area is 119 Å². The number of aromatic amines is 1. The standard InChI is InChI=1S/C14H13FN2S2/c1-2-11(13-4-3-7-19-13)17-12-8-9(15)5-6-10(12)16-14(17)18/h3-8,11H,2H2,1H3,(H,16,18). The minimum absolute atomic E-state index is 0.156. The molecule has 0 aliphatic carbocycles. The zero-order valence-corrected chi connectivity index (χ0v) is 12.0. The van der Waals surface area contributed by atoms with Crippen LogP contribution in [-0.4, -0.2) is 9.55 Å². The number of H-pyrrole nitrogens is 1. The molecule has 1 N–H and O–H groups in total. The highest BCUT2D eigenvalue weighted by molar-refractivity contribution is 7.71. The number of hydrogen-bond acceptors (Lipinski definition) is 2. The van der Waals surface area contributed by atoms with E-state index in [0.29, 0.717) is 4.77 Å². The number of rotatable bonds is 3. The fraction of sp³-hybridized carbons (Fsp3) is 0.214. The maximum Gasteiger partial charge on any atom is 0.178 e. The van der Waals surface area contributed by atoms with Gasteiger partial charge < -0.3 is 9.55 Å². The summed E-state index contributed by atoms with van der Waals surface area (Å²) in [7, 11) is 0. The van der Waals surface area contributed by atoms with Gasteiger partial charge in [0.05, 0.1) is 17.1 Å². The van der Waals surface area contributed by atoms with E-state index in [0.717, 1.165) is 17.5 Å². The lowest BCUT2D eigenvalue weighted by Gasteiger charge is -2.16. The zero-order valence-electron chi connectivity index (χ0n) is 10.4. The van der Waals surface area contributed by atoms with Gasteiger partial charge >= 0.3 is 0 Å². The SMILES string of the molecule is CCC(c1cccs1)n1c(=S)[nH]c2ccc(F)cc21. The lowest BCUT2D eigenvalue weighted by atomic mass is 10.1. The van der Waals surface area contributed by atoms with E-state index in [9.17, 15) is 4.39 Å². The molecular weight excluding hydrogens is 279 g/mol. The van der Waals surface area contributed by atoms with Crippen LogP contribution in [0, 0.1) is 10.6 Å². The molecule has 0 aliphatic heterocycles. The average molecular weight is 292 g/mol. The summed E-state index contributed by atoms with van der Waals surface area (Å²) in [5.74, 6) is -0.240. The van der Waals surface area contributed by atoms with Crippen molar-refractivity contribution in [2.45, 2.75) is 19.4 Å². The maximum atomic E-state index is 13.5. The van der Waals surface area contributed by atoms with E-state index in [4.69, 9.17) is 12.2 Å². The molecule has 0 amide bonds. The van der Waals surface area contributed by atoms with Crippen molar-refractivity contribution in [3.05, 3.63) is 51.2 Å². The molecular formula is C14H13FN2S2. The van der Waals surface area contributed by atoms with E-state index in [1.165, 1.54) is 17.0 Å². The number of thiophene rings is 1. The molecule has 3 aromatic rings. The number of nitrogens with zero attached hydrogens (tertiary/aromatic N) is 1. The molecule has 1 aromatic carbocycles. The molecule has 0 aliphatic rings. The minimum Gasteiger partial charge on any atom is -0.331 e. The zero-order chi connectivity index (χ0) is 13.4. The van der Waals surface area contributed by atoms with E-state index < -0.39 is 0 Å². The van der Waals surface area contributed by atoms with Gasteiger partial charge in [0.25, 0.3) is 0 Å². The Hall–Kier alpha value is -1.46. The third kappa shape index (κ3) is 2.13. The smallest absolute Gasteiger partial charge is 0.178 e. The summed E-state index contributed by atoms with van der Waals surface area (Å²) in [5.41, 5.74) is 1.70. The molecule has 0 spiro atoms. The van der Waals surface area contributed by atoms with Crippen LogP contribution in [0.5, 0.6) is 0 Å². The van der Waals surface area contributed by atoms with Gasteiger partial charge in [-0.15, -0.1) is 11.3 Å².